The van der Waals surface area contributed by atoms with Gasteiger partial charge in [-0.05, 0) is 50.9 Å². The van der Waals surface area contributed by atoms with Crippen LogP contribution in [0, 0.1) is 5.92 Å². The Kier molecular flexibility index (Phi) is 11.5. The fourth-order valence-corrected chi connectivity index (χ4v) is 3.33. The number of likely N-dealkylation sites (tertiary alicyclic amines) is 1. The number of nitrogens with one attached hydrogen (secondary N) is 2. The van der Waals surface area contributed by atoms with Crippen LogP contribution in [0.2, 0.25) is 0 Å². The third-order valence-electron chi connectivity index (χ3n) is 4.85. The molecule has 0 spiro atoms. The van der Waals surface area contributed by atoms with E-state index in [2.05, 4.69) is 29.4 Å². The molecule has 1 heterocycles. The van der Waals surface area contributed by atoms with Gasteiger partial charge in [-0.3, -0.25) is 0 Å². The van der Waals surface area contributed by atoms with Crippen LogP contribution >= 0.6 is 24.0 Å². The molecule has 154 valence electrons. The maximum absolute atomic E-state index is 5.46. The van der Waals surface area contributed by atoms with Crippen molar-refractivity contribution in [1.29, 1.82) is 0 Å². The summed E-state index contributed by atoms with van der Waals surface area (Å²) in [6.07, 6.45) is 2.58. The van der Waals surface area contributed by atoms with Gasteiger partial charge < -0.3 is 25.0 Å². The minimum Gasteiger partial charge on any atom is -0.497 e. The van der Waals surface area contributed by atoms with E-state index in [4.69, 9.17) is 14.5 Å². The number of hydrogen-bond acceptors (Lipinski definition) is 4. The Balaban J connectivity index is 0.00000364. The van der Waals surface area contributed by atoms with Gasteiger partial charge in [-0.1, -0.05) is 6.92 Å². The Labute approximate surface area is 181 Å². The van der Waals surface area contributed by atoms with Gasteiger partial charge in [0.25, 0.3) is 0 Å². The van der Waals surface area contributed by atoms with E-state index in [9.17, 15) is 0 Å². The quantitative estimate of drug-likeness (QED) is 0.333. The zero-order valence-electron chi connectivity index (χ0n) is 17.1. The number of hydrogen-bond donors (Lipinski definition) is 2. The maximum Gasteiger partial charge on any atom is 0.191 e. The number of ether oxygens (including phenoxy) is 2. The molecule has 0 amide bonds. The summed E-state index contributed by atoms with van der Waals surface area (Å²) < 4.78 is 10.7. The zero-order chi connectivity index (χ0) is 18.8. The molecule has 0 aliphatic carbocycles. The van der Waals surface area contributed by atoms with Gasteiger partial charge in [-0.15, -0.1) is 24.0 Å². The van der Waals surface area contributed by atoms with Gasteiger partial charge in [0.1, 0.15) is 11.5 Å². The first kappa shape index (κ1) is 23.8. The van der Waals surface area contributed by atoms with Crippen molar-refractivity contribution in [2.24, 2.45) is 10.9 Å². The Morgan fingerprint density at radius 3 is 2.70 bits per heavy atom. The molecular formula is C20H35IN4O2. The summed E-state index contributed by atoms with van der Waals surface area (Å²) >= 11 is 0. The van der Waals surface area contributed by atoms with Gasteiger partial charge in [0.15, 0.2) is 5.96 Å². The van der Waals surface area contributed by atoms with Crippen LogP contribution in [0.1, 0.15) is 32.3 Å². The van der Waals surface area contributed by atoms with Crippen molar-refractivity contribution in [1.82, 2.24) is 15.5 Å². The first-order valence-electron chi connectivity index (χ1n) is 9.65. The van der Waals surface area contributed by atoms with Crippen molar-refractivity contribution in [3.8, 4) is 11.5 Å². The average Bonchev–Trinajstić information content (AvgIpc) is 2.70. The highest BCUT2D eigenvalue weighted by Gasteiger charge is 2.18. The normalized spacial score (nSPS) is 17.8. The molecule has 2 N–H and O–H groups in total. The third kappa shape index (κ3) is 7.73. The van der Waals surface area contributed by atoms with E-state index in [1.807, 2.05) is 18.2 Å². The van der Waals surface area contributed by atoms with Crippen LogP contribution in [0.25, 0.3) is 0 Å². The van der Waals surface area contributed by atoms with E-state index >= 15 is 0 Å². The molecule has 1 atom stereocenters. The maximum atomic E-state index is 5.46. The third-order valence-corrected chi connectivity index (χ3v) is 4.85. The number of methoxy groups -OCH3 is 2. The summed E-state index contributed by atoms with van der Waals surface area (Å²) in [4.78, 5) is 7.26. The van der Waals surface area contributed by atoms with Crippen LogP contribution in [0.5, 0.6) is 11.5 Å². The molecule has 1 aromatic carbocycles. The molecule has 27 heavy (non-hydrogen) atoms. The lowest BCUT2D eigenvalue weighted by molar-refractivity contribution is 0.183. The fourth-order valence-electron chi connectivity index (χ4n) is 3.33. The number of halogens is 1. The van der Waals surface area contributed by atoms with Crippen molar-refractivity contribution in [2.75, 3.05) is 46.9 Å². The van der Waals surface area contributed by atoms with E-state index in [-0.39, 0.29) is 24.0 Å². The highest BCUT2D eigenvalue weighted by molar-refractivity contribution is 14.0. The Morgan fingerprint density at radius 1 is 1.22 bits per heavy atom. The fraction of sp³-hybridized carbons (Fsp3) is 0.650. The van der Waals surface area contributed by atoms with E-state index < -0.39 is 0 Å². The Bertz CT molecular complexity index is 583. The lowest BCUT2D eigenvalue weighted by Gasteiger charge is -2.32. The second-order valence-electron chi connectivity index (χ2n) is 6.66. The van der Waals surface area contributed by atoms with Gasteiger partial charge in [0, 0.05) is 31.3 Å². The van der Waals surface area contributed by atoms with Gasteiger partial charge >= 0.3 is 0 Å². The molecule has 6 nitrogen and oxygen atoms in total. The Morgan fingerprint density at radius 2 is 2.04 bits per heavy atom. The van der Waals surface area contributed by atoms with Crippen molar-refractivity contribution >= 4 is 29.9 Å². The second kappa shape index (κ2) is 13.0. The molecule has 2 rings (SSSR count). The van der Waals surface area contributed by atoms with Crippen molar-refractivity contribution in [3.63, 3.8) is 0 Å². The van der Waals surface area contributed by atoms with Gasteiger partial charge in [-0.2, -0.15) is 0 Å². The van der Waals surface area contributed by atoms with Crippen LogP contribution in [0.3, 0.4) is 0 Å². The number of benzene rings is 1. The van der Waals surface area contributed by atoms with Crippen molar-refractivity contribution in [3.05, 3.63) is 23.8 Å². The standard InChI is InChI=1S/C20H34N4O2.HI/c1-5-21-20(22-13-16-8-7-11-24(6-2)15-16)23-14-17-9-10-18(25-3)12-19(17)26-4;/h9-10,12,16H,5-8,11,13-15H2,1-4H3,(H2,21,22,23);1H. The summed E-state index contributed by atoms with van der Waals surface area (Å²) in [5.41, 5.74) is 1.04. The van der Waals surface area contributed by atoms with Gasteiger partial charge in [-0.25, -0.2) is 4.99 Å². The molecule has 7 heteroatoms. The van der Waals surface area contributed by atoms with E-state index in [0.717, 1.165) is 42.7 Å². The van der Waals surface area contributed by atoms with Gasteiger partial charge in [0.2, 0.25) is 0 Å². The molecular weight excluding hydrogens is 455 g/mol. The molecule has 0 aromatic heterocycles. The monoisotopic (exact) mass is 490 g/mol. The molecule has 0 saturated carbocycles. The molecule has 0 radical (unpaired) electrons. The minimum atomic E-state index is 0. The SMILES string of the molecule is CCNC(=NCc1ccc(OC)cc1OC)NCC1CCCN(CC)C1.I. The highest BCUT2D eigenvalue weighted by atomic mass is 127. The lowest BCUT2D eigenvalue weighted by Crippen LogP contribution is -2.44. The summed E-state index contributed by atoms with van der Waals surface area (Å²) in [6.45, 7) is 10.2. The highest BCUT2D eigenvalue weighted by Crippen LogP contribution is 2.25. The molecule has 1 saturated heterocycles. The number of piperidine rings is 1. The first-order valence-corrected chi connectivity index (χ1v) is 9.65. The predicted molar refractivity (Wildman–Crippen MR) is 123 cm³/mol. The van der Waals surface area contributed by atoms with Crippen LogP contribution < -0.4 is 20.1 Å². The second-order valence-corrected chi connectivity index (χ2v) is 6.66. The van der Waals surface area contributed by atoms with Crippen molar-refractivity contribution in [2.45, 2.75) is 33.2 Å². The molecule has 1 aromatic rings. The smallest absolute Gasteiger partial charge is 0.191 e. The zero-order valence-corrected chi connectivity index (χ0v) is 19.4. The summed E-state index contributed by atoms with van der Waals surface area (Å²) in [7, 11) is 3.33. The van der Waals surface area contributed by atoms with Gasteiger partial charge in [0.05, 0.1) is 20.8 Å². The largest absolute Gasteiger partial charge is 0.497 e. The van der Waals surface area contributed by atoms with Crippen LogP contribution in [-0.4, -0.2) is 57.8 Å². The topological polar surface area (TPSA) is 58.1 Å². The van der Waals surface area contributed by atoms with Crippen LogP contribution in [0.15, 0.2) is 23.2 Å². The van der Waals surface area contributed by atoms with E-state index in [1.165, 1.54) is 25.9 Å². The number of guanidine groups is 1. The first-order chi connectivity index (χ1) is 12.7. The molecule has 1 fully saturated rings. The molecule has 1 aliphatic heterocycles. The number of nitrogens with zero attached hydrogens (tertiary/aromatic N) is 2. The summed E-state index contributed by atoms with van der Waals surface area (Å²) in [5, 5.41) is 6.85. The van der Waals surface area contributed by atoms with E-state index in [0.29, 0.717) is 12.5 Å². The predicted octanol–water partition coefficient (Wildman–Crippen LogP) is 3.11. The average molecular weight is 490 g/mol. The summed E-state index contributed by atoms with van der Waals surface area (Å²) in [6, 6.07) is 5.84. The van der Waals surface area contributed by atoms with E-state index in [1.54, 1.807) is 14.2 Å². The Hall–Kier alpha value is -1.22. The molecule has 0 bridgehead atoms. The molecule has 1 unspecified atom stereocenters. The number of rotatable bonds is 8. The summed E-state index contributed by atoms with van der Waals surface area (Å²) in [5.74, 6) is 3.13. The lowest BCUT2D eigenvalue weighted by atomic mass is 9.98. The van der Waals surface area contributed by atoms with Crippen LogP contribution in [0.4, 0.5) is 0 Å². The minimum absolute atomic E-state index is 0. The molecule has 1 aliphatic rings. The van der Waals surface area contributed by atoms with Crippen LogP contribution in [-0.2, 0) is 6.54 Å². The number of aliphatic imine (C=N–C) groups is 1. The van der Waals surface area contributed by atoms with Crippen molar-refractivity contribution < 1.29 is 9.47 Å².